The predicted octanol–water partition coefficient (Wildman–Crippen LogP) is 4.53. The summed E-state index contributed by atoms with van der Waals surface area (Å²) in [5.41, 5.74) is 1.49. The van der Waals surface area contributed by atoms with Crippen LogP contribution in [-0.4, -0.2) is 21.5 Å². The lowest BCUT2D eigenvalue weighted by atomic mass is 9.71. The predicted molar refractivity (Wildman–Crippen MR) is 102 cm³/mol. The molecule has 0 spiro atoms. The molecule has 1 heterocycles. The molecule has 3 rings (SSSR count). The summed E-state index contributed by atoms with van der Waals surface area (Å²) in [7, 11) is 0. The van der Waals surface area contributed by atoms with E-state index in [0.29, 0.717) is 0 Å². The van der Waals surface area contributed by atoms with E-state index in [2.05, 4.69) is 31.8 Å². The molecule has 0 amide bonds. The van der Waals surface area contributed by atoms with E-state index in [1.165, 1.54) is 0 Å². The van der Waals surface area contributed by atoms with Crippen molar-refractivity contribution >= 4 is 23.1 Å². The van der Waals surface area contributed by atoms with Crippen molar-refractivity contribution in [3.8, 4) is 11.8 Å². The number of ether oxygens (including phenoxy) is 1. The van der Waals surface area contributed by atoms with Gasteiger partial charge in [0.1, 0.15) is 5.76 Å². The van der Waals surface area contributed by atoms with Gasteiger partial charge >= 0.3 is 5.97 Å². The minimum Gasteiger partial charge on any atom is -0.478 e. The molecular formula is C21H20O3S. The van der Waals surface area contributed by atoms with E-state index in [9.17, 15) is 4.79 Å². The second-order valence-electron chi connectivity index (χ2n) is 7.32. The highest BCUT2D eigenvalue weighted by molar-refractivity contribution is 7.80. The number of carboxylic acids is 1. The van der Waals surface area contributed by atoms with Gasteiger partial charge in [-0.15, -0.1) is 0 Å². The molecule has 128 valence electrons. The van der Waals surface area contributed by atoms with Crippen LogP contribution >= 0.6 is 12.2 Å². The number of allylic oxidation sites excluding steroid dienone is 3. The zero-order chi connectivity index (χ0) is 18.2. The largest absolute Gasteiger partial charge is 0.478 e. The Bertz CT molecular complexity index is 863. The molecule has 1 aliphatic heterocycles. The van der Waals surface area contributed by atoms with Crippen molar-refractivity contribution < 1.29 is 14.6 Å². The average Bonchev–Trinajstić information content (AvgIpc) is 2.54. The van der Waals surface area contributed by atoms with Gasteiger partial charge in [-0.25, -0.2) is 4.79 Å². The van der Waals surface area contributed by atoms with Crippen molar-refractivity contribution in [2.45, 2.75) is 39.2 Å². The highest BCUT2D eigenvalue weighted by Gasteiger charge is 2.43. The fraction of sp³-hybridized carbons (Fsp3) is 0.333. The number of carbonyl (C=O) groups is 1. The van der Waals surface area contributed by atoms with Gasteiger partial charge in [-0.3, -0.25) is 0 Å². The maximum absolute atomic E-state index is 10.9. The van der Waals surface area contributed by atoms with Crippen LogP contribution in [0.15, 0.2) is 47.7 Å². The zero-order valence-electron chi connectivity index (χ0n) is 14.6. The summed E-state index contributed by atoms with van der Waals surface area (Å²) in [6.07, 6.45) is 5.58. The molecule has 0 bridgehead atoms. The fourth-order valence-corrected chi connectivity index (χ4v) is 3.61. The van der Waals surface area contributed by atoms with Gasteiger partial charge in [0.05, 0.1) is 5.56 Å². The molecule has 3 nitrogen and oxygen atoms in total. The summed E-state index contributed by atoms with van der Waals surface area (Å²) in [5.74, 6) is 6.30. The van der Waals surface area contributed by atoms with Crippen LogP contribution in [0.3, 0.4) is 0 Å². The first kappa shape index (κ1) is 17.4. The van der Waals surface area contributed by atoms with Crippen LogP contribution in [0.2, 0.25) is 0 Å². The summed E-state index contributed by atoms with van der Waals surface area (Å²) in [5, 5.41) is 8.96. The van der Waals surface area contributed by atoms with Crippen LogP contribution < -0.4 is 0 Å². The molecule has 0 saturated carbocycles. The van der Waals surface area contributed by atoms with Crippen molar-refractivity contribution in [3.63, 3.8) is 0 Å². The summed E-state index contributed by atoms with van der Waals surface area (Å²) in [6.45, 7) is 6.37. The Kier molecular flexibility index (Phi) is 4.30. The number of benzene rings is 1. The van der Waals surface area contributed by atoms with Crippen LogP contribution in [0.1, 0.15) is 49.5 Å². The number of hydrogen-bond donors (Lipinski definition) is 1. The van der Waals surface area contributed by atoms with Crippen molar-refractivity contribution in [2.75, 3.05) is 0 Å². The number of hydrogen-bond acceptors (Lipinski definition) is 3. The highest BCUT2D eigenvalue weighted by Crippen LogP contribution is 2.48. The maximum Gasteiger partial charge on any atom is 0.335 e. The first-order valence-electron chi connectivity index (χ1n) is 8.20. The lowest BCUT2D eigenvalue weighted by Gasteiger charge is -2.44. The van der Waals surface area contributed by atoms with E-state index in [0.717, 1.165) is 34.6 Å². The Morgan fingerprint density at radius 3 is 2.56 bits per heavy atom. The molecule has 1 aromatic rings. The van der Waals surface area contributed by atoms with Gasteiger partial charge in [-0.1, -0.05) is 37.9 Å². The third-order valence-electron chi connectivity index (χ3n) is 4.51. The van der Waals surface area contributed by atoms with Gasteiger partial charge < -0.3 is 9.84 Å². The Morgan fingerprint density at radius 1 is 1.24 bits per heavy atom. The lowest BCUT2D eigenvalue weighted by molar-refractivity contribution is 0.00927. The molecule has 1 unspecified atom stereocenters. The van der Waals surface area contributed by atoms with E-state index >= 15 is 0 Å². The molecule has 0 aromatic heterocycles. The Labute approximate surface area is 153 Å². The molecule has 0 radical (unpaired) electrons. The number of thiocarbonyl (C=S) groups is 1. The molecule has 1 atom stereocenters. The molecule has 2 aliphatic rings. The third kappa shape index (κ3) is 3.67. The molecule has 1 aromatic carbocycles. The van der Waals surface area contributed by atoms with E-state index in [-0.39, 0.29) is 11.0 Å². The van der Waals surface area contributed by atoms with Gasteiger partial charge in [0.2, 0.25) is 0 Å². The molecular weight excluding hydrogens is 332 g/mol. The first-order valence-corrected chi connectivity index (χ1v) is 8.60. The quantitative estimate of drug-likeness (QED) is 0.596. The zero-order valence-corrected chi connectivity index (χ0v) is 15.4. The van der Waals surface area contributed by atoms with Gasteiger partial charge in [0, 0.05) is 28.8 Å². The van der Waals surface area contributed by atoms with E-state index in [4.69, 9.17) is 22.1 Å². The first-order chi connectivity index (χ1) is 11.7. The molecule has 1 fully saturated rings. The van der Waals surface area contributed by atoms with E-state index in [1.807, 2.05) is 13.0 Å². The highest BCUT2D eigenvalue weighted by atomic mass is 32.1. The van der Waals surface area contributed by atoms with Crippen LogP contribution in [-0.2, 0) is 4.74 Å². The normalized spacial score (nSPS) is 24.0. The second-order valence-corrected chi connectivity index (χ2v) is 7.85. The Morgan fingerprint density at radius 2 is 1.92 bits per heavy atom. The smallest absolute Gasteiger partial charge is 0.335 e. The van der Waals surface area contributed by atoms with Gasteiger partial charge in [-0.05, 0) is 48.8 Å². The fourth-order valence-electron chi connectivity index (χ4n) is 3.41. The van der Waals surface area contributed by atoms with Gasteiger partial charge in [0.15, 0.2) is 5.60 Å². The minimum atomic E-state index is -0.940. The van der Waals surface area contributed by atoms with Crippen LogP contribution in [0.4, 0.5) is 0 Å². The standard InChI is InChI=1S/C21H20O3S/c1-20(2)13-21(3,24-18-9-8-16(25)12-17(18)20)11-10-14-4-6-15(7-5-14)19(22)23/h4-7,9,12H,8,13H2,1-3H3,(H,22,23). The number of fused-ring (bicyclic) bond motifs is 1. The molecule has 1 saturated heterocycles. The lowest BCUT2D eigenvalue weighted by Crippen LogP contribution is -2.41. The van der Waals surface area contributed by atoms with Crippen molar-refractivity contribution in [1.29, 1.82) is 0 Å². The maximum atomic E-state index is 10.9. The molecule has 1 aliphatic carbocycles. The molecule has 4 heteroatoms. The topological polar surface area (TPSA) is 46.5 Å². The summed E-state index contributed by atoms with van der Waals surface area (Å²) < 4.78 is 6.21. The van der Waals surface area contributed by atoms with Crippen LogP contribution in [0.25, 0.3) is 0 Å². The second kappa shape index (κ2) is 6.16. The number of rotatable bonds is 1. The van der Waals surface area contributed by atoms with Crippen LogP contribution in [0, 0.1) is 17.3 Å². The number of carboxylic acid groups (broad SMARTS) is 1. The summed E-state index contributed by atoms with van der Waals surface area (Å²) in [6, 6.07) is 6.56. The van der Waals surface area contributed by atoms with E-state index in [1.54, 1.807) is 24.3 Å². The van der Waals surface area contributed by atoms with Crippen LogP contribution in [0.5, 0.6) is 0 Å². The van der Waals surface area contributed by atoms with Crippen molar-refractivity contribution in [3.05, 3.63) is 58.9 Å². The number of aromatic carboxylic acids is 1. The third-order valence-corrected chi connectivity index (χ3v) is 4.79. The average molecular weight is 352 g/mol. The SMILES string of the molecule is CC1(C#Cc2ccc(C(=O)O)cc2)CC(C)(C)C2=CC(=S)CC=C2O1. The Hall–Kier alpha value is -2.38. The minimum absolute atomic E-state index is 0.0782. The van der Waals surface area contributed by atoms with Gasteiger partial charge in [-0.2, -0.15) is 0 Å². The summed E-state index contributed by atoms with van der Waals surface area (Å²) in [4.78, 5) is 11.9. The molecule has 25 heavy (non-hydrogen) atoms. The monoisotopic (exact) mass is 352 g/mol. The van der Waals surface area contributed by atoms with E-state index < -0.39 is 11.6 Å². The van der Waals surface area contributed by atoms with Gasteiger partial charge in [0.25, 0.3) is 0 Å². The molecule has 1 N–H and O–H groups in total. The summed E-state index contributed by atoms with van der Waals surface area (Å²) >= 11 is 5.33. The Balaban J connectivity index is 1.87. The van der Waals surface area contributed by atoms with Crippen molar-refractivity contribution in [1.82, 2.24) is 0 Å². The van der Waals surface area contributed by atoms with Crippen molar-refractivity contribution in [2.24, 2.45) is 5.41 Å².